The summed E-state index contributed by atoms with van der Waals surface area (Å²) in [5, 5.41) is 4.31. The van der Waals surface area contributed by atoms with Crippen molar-refractivity contribution in [1.82, 2.24) is 19.1 Å². The Morgan fingerprint density at radius 2 is 2.22 bits per heavy atom. The molecule has 7 nitrogen and oxygen atoms in total. The van der Waals surface area contributed by atoms with E-state index in [1.807, 2.05) is 22.9 Å². The lowest BCUT2D eigenvalue weighted by atomic mass is 10.2. The largest absolute Gasteiger partial charge is 0.374 e. The minimum absolute atomic E-state index is 0.102. The Morgan fingerprint density at radius 3 is 2.96 bits per heavy atom. The summed E-state index contributed by atoms with van der Waals surface area (Å²) in [7, 11) is -3.23. The van der Waals surface area contributed by atoms with Crippen LogP contribution in [0.2, 0.25) is 0 Å². The van der Waals surface area contributed by atoms with Gasteiger partial charge in [0.15, 0.2) is 0 Å². The second kappa shape index (κ2) is 6.77. The average Bonchev–Trinajstić information content (AvgIpc) is 3.04. The molecule has 1 aliphatic rings. The Morgan fingerprint density at radius 1 is 1.35 bits per heavy atom. The van der Waals surface area contributed by atoms with Gasteiger partial charge in [0.25, 0.3) is 0 Å². The molecule has 2 aromatic heterocycles. The maximum absolute atomic E-state index is 12.2. The molecule has 1 aliphatic heterocycles. The number of rotatable bonds is 6. The molecule has 0 amide bonds. The van der Waals surface area contributed by atoms with Gasteiger partial charge in [-0.05, 0) is 24.6 Å². The molecule has 0 saturated heterocycles. The molecule has 3 rings (SSSR count). The van der Waals surface area contributed by atoms with Crippen LogP contribution < -0.4 is 0 Å². The smallest absolute Gasteiger partial charge is 0.214 e. The SMILES string of the molecule is CCS(=O)(=O)N1Cc2ccnn2C(COCc2cccnc2)C1. The predicted octanol–water partition coefficient (Wildman–Crippen LogP) is 1.20. The van der Waals surface area contributed by atoms with E-state index < -0.39 is 10.0 Å². The summed E-state index contributed by atoms with van der Waals surface area (Å²) >= 11 is 0. The molecule has 8 heteroatoms. The van der Waals surface area contributed by atoms with Gasteiger partial charge in [-0.2, -0.15) is 9.40 Å². The van der Waals surface area contributed by atoms with Gasteiger partial charge in [0.2, 0.25) is 10.0 Å². The fraction of sp³-hybridized carbons (Fsp3) is 0.467. The molecule has 0 fully saturated rings. The van der Waals surface area contributed by atoms with E-state index in [1.54, 1.807) is 25.5 Å². The van der Waals surface area contributed by atoms with Crippen molar-refractivity contribution in [3.8, 4) is 0 Å². The summed E-state index contributed by atoms with van der Waals surface area (Å²) in [5.41, 5.74) is 1.88. The van der Waals surface area contributed by atoms with Crippen molar-refractivity contribution < 1.29 is 13.2 Å². The Kier molecular flexibility index (Phi) is 4.74. The summed E-state index contributed by atoms with van der Waals surface area (Å²) in [6.07, 6.45) is 5.17. The van der Waals surface area contributed by atoms with Crippen LogP contribution >= 0.6 is 0 Å². The lowest BCUT2D eigenvalue weighted by Gasteiger charge is -2.32. The third-order valence-corrected chi connectivity index (χ3v) is 5.71. The number of fused-ring (bicyclic) bond motifs is 1. The number of aromatic nitrogens is 3. The normalized spacial score (nSPS) is 18.7. The van der Waals surface area contributed by atoms with Crippen LogP contribution in [0.1, 0.15) is 24.2 Å². The van der Waals surface area contributed by atoms with Gasteiger partial charge in [0.05, 0.1) is 37.2 Å². The zero-order valence-electron chi connectivity index (χ0n) is 13.0. The highest BCUT2D eigenvalue weighted by molar-refractivity contribution is 7.89. The van der Waals surface area contributed by atoms with Crippen LogP contribution in [0.5, 0.6) is 0 Å². The number of pyridine rings is 1. The molecular weight excluding hydrogens is 316 g/mol. The molecule has 23 heavy (non-hydrogen) atoms. The van der Waals surface area contributed by atoms with E-state index in [0.29, 0.717) is 26.3 Å². The molecular formula is C15H20N4O3S. The van der Waals surface area contributed by atoms with E-state index in [-0.39, 0.29) is 11.8 Å². The number of hydrogen-bond acceptors (Lipinski definition) is 5. The monoisotopic (exact) mass is 336 g/mol. The van der Waals surface area contributed by atoms with E-state index >= 15 is 0 Å². The Hall–Kier alpha value is -1.77. The zero-order chi connectivity index (χ0) is 16.3. The lowest BCUT2D eigenvalue weighted by Crippen LogP contribution is -2.43. The second-order valence-corrected chi connectivity index (χ2v) is 7.75. The third-order valence-electron chi connectivity index (χ3n) is 3.91. The van der Waals surface area contributed by atoms with Crippen LogP contribution in [-0.2, 0) is 27.9 Å². The summed E-state index contributed by atoms with van der Waals surface area (Å²) in [6.45, 7) is 3.27. The Balaban J connectivity index is 1.68. The Labute approximate surface area is 135 Å². The van der Waals surface area contributed by atoms with Crippen molar-refractivity contribution in [3.05, 3.63) is 48.0 Å². The van der Waals surface area contributed by atoms with Crippen molar-refractivity contribution >= 4 is 10.0 Å². The minimum Gasteiger partial charge on any atom is -0.374 e. The summed E-state index contributed by atoms with van der Waals surface area (Å²) < 4.78 is 33.5. The molecule has 0 saturated carbocycles. The highest BCUT2D eigenvalue weighted by Crippen LogP contribution is 2.23. The molecule has 0 radical (unpaired) electrons. The van der Waals surface area contributed by atoms with Crippen LogP contribution in [0.25, 0.3) is 0 Å². The van der Waals surface area contributed by atoms with E-state index in [4.69, 9.17) is 4.74 Å². The standard InChI is InChI=1S/C15H20N4O3S/c1-2-23(20,21)18-9-14-5-7-17-19(14)15(10-18)12-22-11-13-4-3-6-16-8-13/h3-8,15H,2,9-12H2,1H3. The van der Waals surface area contributed by atoms with Crippen molar-refractivity contribution in [3.63, 3.8) is 0 Å². The average molecular weight is 336 g/mol. The van der Waals surface area contributed by atoms with Gasteiger partial charge in [0.1, 0.15) is 0 Å². The molecule has 0 aromatic carbocycles. The van der Waals surface area contributed by atoms with Gasteiger partial charge in [-0.1, -0.05) is 6.07 Å². The summed E-state index contributed by atoms with van der Waals surface area (Å²) in [6, 6.07) is 5.54. The fourth-order valence-electron chi connectivity index (χ4n) is 2.67. The Bertz CT molecular complexity index is 745. The molecule has 1 atom stereocenters. The molecule has 0 spiro atoms. The summed E-state index contributed by atoms with van der Waals surface area (Å²) in [5.74, 6) is 0.102. The van der Waals surface area contributed by atoms with Crippen LogP contribution in [0.15, 0.2) is 36.8 Å². The summed E-state index contributed by atoms with van der Waals surface area (Å²) in [4.78, 5) is 4.05. The van der Waals surface area contributed by atoms with E-state index in [9.17, 15) is 8.42 Å². The van der Waals surface area contributed by atoms with Crippen LogP contribution in [0.4, 0.5) is 0 Å². The van der Waals surface area contributed by atoms with Gasteiger partial charge in [-0.3, -0.25) is 9.67 Å². The van der Waals surface area contributed by atoms with Crippen molar-refractivity contribution in [2.24, 2.45) is 0 Å². The van der Waals surface area contributed by atoms with Gasteiger partial charge in [-0.15, -0.1) is 0 Å². The van der Waals surface area contributed by atoms with Crippen molar-refractivity contribution in [2.45, 2.75) is 26.1 Å². The minimum atomic E-state index is -3.23. The van der Waals surface area contributed by atoms with Gasteiger partial charge >= 0.3 is 0 Å². The van der Waals surface area contributed by atoms with Gasteiger partial charge < -0.3 is 4.74 Å². The molecule has 0 N–H and O–H groups in total. The molecule has 0 aliphatic carbocycles. The number of nitrogens with zero attached hydrogens (tertiary/aromatic N) is 4. The second-order valence-electron chi connectivity index (χ2n) is 5.49. The number of hydrogen-bond donors (Lipinski definition) is 0. The van der Waals surface area contributed by atoms with Crippen LogP contribution in [0.3, 0.4) is 0 Å². The number of sulfonamides is 1. The lowest BCUT2D eigenvalue weighted by molar-refractivity contribution is 0.0704. The van der Waals surface area contributed by atoms with E-state index in [1.165, 1.54) is 4.31 Å². The molecule has 124 valence electrons. The zero-order valence-corrected chi connectivity index (χ0v) is 13.8. The van der Waals surface area contributed by atoms with Crippen LogP contribution in [0, 0.1) is 0 Å². The van der Waals surface area contributed by atoms with Crippen LogP contribution in [-0.4, -0.2) is 46.4 Å². The molecule has 3 heterocycles. The van der Waals surface area contributed by atoms with E-state index in [2.05, 4.69) is 10.1 Å². The molecule has 1 unspecified atom stereocenters. The highest BCUT2D eigenvalue weighted by Gasteiger charge is 2.31. The van der Waals surface area contributed by atoms with Gasteiger partial charge in [-0.25, -0.2) is 8.42 Å². The quantitative estimate of drug-likeness (QED) is 0.792. The number of ether oxygens (including phenoxy) is 1. The topological polar surface area (TPSA) is 77.3 Å². The van der Waals surface area contributed by atoms with Crippen molar-refractivity contribution in [1.29, 1.82) is 0 Å². The molecule has 2 aromatic rings. The maximum atomic E-state index is 12.2. The third kappa shape index (κ3) is 3.60. The maximum Gasteiger partial charge on any atom is 0.214 e. The van der Waals surface area contributed by atoms with Gasteiger partial charge in [0, 0.05) is 25.1 Å². The van der Waals surface area contributed by atoms with E-state index in [0.717, 1.165) is 11.3 Å². The molecule has 0 bridgehead atoms. The first kappa shape index (κ1) is 16.1. The van der Waals surface area contributed by atoms with Crippen molar-refractivity contribution in [2.75, 3.05) is 18.9 Å². The first-order valence-electron chi connectivity index (χ1n) is 7.57. The fourth-order valence-corrected chi connectivity index (χ4v) is 3.76. The highest BCUT2D eigenvalue weighted by atomic mass is 32.2. The first-order chi connectivity index (χ1) is 11.1. The first-order valence-corrected chi connectivity index (χ1v) is 9.18. The predicted molar refractivity (Wildman–Crippen MR) is 85.0 cm³/mol.